The normalized spacial score (nSPS) is 9.42. The number of carbonyl (C=O) groups is 9. The Hall–Kier alpha value is -3.72. The van der Waals surface area contributed by atoms with Crippen LogP contribution in [0.15, 0.2) is 0 Å². The van der Waals surface area contributed by atoms with Gasteiger partial charge in [0.2, 0.25) is 0 Å². The molecule has 0 saturated carbocycles. The maximum absolute atomic E-state index is 10.3. The van der Waals surface area contributed by atoms with Crippen molar-refractivity contribution in [2.75, 3.05) is 0 Å². The maximum Gasteiger partial charge on any atom is 2.00 e. The molecule has 30 nitrogen and oxygen atoms in total. The van der Waals surface area contributed by atoms with E-state index in [4.69, 9.17) is 40.9 Å². The molecule has 0 aromatic rings. The molecular weight excluding hydrogens is 745 g/mol. The molecule has 294 valence electrons. The third-order valence-electron chi connectivity index (χ3n) is 3.82. The van der Waals surface area contributed by atoms with Crippen molar-refractivity contribution in [3.8, 4) is 0 Å². The van der Waals surface area contributed by atoms with E-state index in [1.54, 1.807) is 0 Å². The van der Waals surface area contributed by atoms with Gasteiger partial charge in [-0.2, -0.15) is 0 Å². The van der Waals surface area contributed by atoms with Gasteiger partial charge in [0.15, 0.2) is 11.2 Å². The van der Waals surface area contributed by atoms with Crippen LogP contribution in [0.3, 0.4) is 0 Å². The summed E-state index contributed by atoms with van der Waals surface area (Å²) >= 11 is 0. The molecule has 0 spiro atoms. The van der Waals surface area contributed by atoms with Crippen molar-refractivity contribution in [2.45, 2.75) is 55.3 Å². The second-order valence-electron chi connectivity index (χ2n) is 7.35. The van der Waals surface area contributed by atoms with E-state index in [1.807, 2.05) is 0 Å². The van der Waals surface area contributed by atoms with Crippen molar-refractivity contribution in [1.29, 1.82) is 0 Å². The first-order chi connectivity index (χ1) is 17.3. The van der Waals surface area contributed by atoms with Gasteiger partial charge in [0.05, 0.1) is 25.2 Å². The Labute approximate surface area is 308 Å². The van der Waals surface area contributed by atoms with Crippen LogP contribution in [-0.4, -0.2) is 207 Å². The monoisotopic (exact) mass is 782 g/mol. The van der Waals surface area contributed by atoms with Crippen LogP contribution in [0.1, 0.15) is 38.5 Å². The molecule has 0 rings (SSSR count). The van der Waals surface area contributed by atoms with Gasteiger partial charge >= 0.3 is 76.0 Å². The predicted octanol–water partition coefficient (Wildman–Crippen LogP) is -17.3. The Morgan fingerprint density at radius 2 is 0.520 bits per heavy atom. The van der Waals surface area contributed by atoms with Crippen LogP contribution in [0, 0.1) is 0 Å². The largest absolute Gasteiger partial charge is 2.00 e. The predicted molar refractivity (Wildman–Crippen MR) is 145 cm³/mol. The number of rotatable bonds is 15. The van der Waals surface area contributed by atoms with Crippen molar-refractivity contribution in [3.63, 3.8) is 0 Å². The Bertz CT molecular complexity index is 825. The summed E-state index contributed by atoms with van der Waals surface area (Å²) < 4.78 is 0. The molecule has 0 aromatic carbocycles. The number of hydrogen-bond donors (Lipinski definition) is 8. The summed E-state index contributed by atoms with van der Waals surface area (Å²) in [6.45, 7) is 0. The van der Waals surface area contributed by atoms with E-state index in [-0.39, 0.29) is 95.4 Å². The molecule has 0 fully saturated rings. The van der Waals surface area contributed by atoms with Crippen molar-refractivity contribution in [2.24, 2.45) is 0 Å². The second kappa shape index (κ2) is 39.7. The molecular formula is C18H38Mg2O30. The van der Waals surface area contributed by atoms with E-state index >= 15 is 0 Å². The summed E-state index contributed by atoms with van der Waals surface area (Å²) in [5.74, 6) is -16.3. The van der Waals surface area contributed by atoms with E-state index in [0.717, 1.165) is 0 Å². The third kappa shape index (κ3) is 42.3. The summed E-state index contributed by atoms with van der Waals surface area (Å²) in [5.41, 5.74) is -8.51. The van der Waals surface area contributed by atoms with Crippen molar-refractivity contribution in [1.82, 2.24) is 0 Å². The van der Waals surface area contributed by atoms with Crippen molar-refractivity contribution >= 4 is 99.8 Å². The average Bonchev–Trinajstić information content (AvgIpc) is 2.64. The van der Waals surface area contributed by atoms with Gasteiger partial charge in [-0.15, -0.1) is 0 Å². The molecule has 32 heteroatoms. The molecule has 0 aromatic heterocycles. The fourth-order valence-electron chi connectivity index (χ4n) is 2.10. The zero-order valence-corrected chi connectivity index (χ0v) is 27.9. The van der Waals surface area contributed by atoms with E-state index < -0.39 is 109 Å². The van der Waals surface area contributed by atoms with Crippen LogP contribution in [-0.2, 0) is 43.2 Å². The van der Waals surface area contributed by atoms with Gasteiger partial charge in [0.25, 0.3) is 0 Å². The number of carboxylic acids is 9. The molecule has 0 saturated heterocycles. The molecule has 1 unspecified atom stereocenters. The number of aliphatic carboxylic acids is 9. The van der Waals surface area contributed by atoms with Crippen LogP contribution in [0.25, 0.3) is 0 Å². The molecule has 0 aliphatic rings. The van der Waals surface area contributed by atoms with Gasteiger partial charge in [-0.1, -0.05) is 0 Å². The minimum absolute atomic E-state index is 0. The van der Waals surface area contributed by atoms with Crippen LogP contribution in [0.2, 0.25) is 0 Å². The summed E-state index contributed by atoms with van der Waals surface area (Å²) in [4.78, 5) is 90.8. The zero-order chi connectivity index (χ0) is 31.9. The second-order valence-corrected chi connectivity index (χ2v) is 7.35. The molecule has 0 aliphatic carbocycles. The number of carboxylic acid groups (broad SMARTS) is 9. The minimum atomic E-state index is -2.97. The van der Waals surface area contributed by atoms with Crippen LogP contribution < -0.4 is 20.4 Å². The summed E-state index contributed by atoms with van der Waals surface area (Å²) in [6, 6.07) is 0. The van der Waals surface area contributed by atoms with Gasteiger partial charge in [0.1, 0.15) is 5.60 Å². The van der Waals surface area contributed by atoms with Crippen LogP contribution >= 0.6 is 0 Å². The van der Waals surface area contributed by atoms with Gasteiger partial charge in [-0.05, 0) is 0 Å². The average molecular weight is 783 g/mol. The van der Waals surface area contributed by atoms with Crippen molar-refractivity contribution < 1.29 is 154 Å². The topological polar surface area (TPSA) is 691 Å². The minimum Gasteiger partial charge on any atom is -0.550 e. The quantitative estimate of drug-likeness (QED) is 0.0715. The molecule has 0 bridgehead atoms. The standard InChI is InChI=1S/3C6H8O7.2Mg.9H2O/c3*7-3(8)1-6(13,5(11)12)2-4(9)10;;;;;;;;;;;/h3*13H,1-2H2,(H,7,8)(H,9,10)(H,11,12);;;9*1H2/q;;;2*+2;;;;;;;;;/p-4. The molecule has 0 radical (unpaired) electrons. The number of hydrogen-bond acceptors (Lipinski definition) is 16. The summed E-state index contributed by atoms with van der Waals surface area (Å²) in [5, 5.41) is 108. The fraction of sp³-hybridized carbons (Fsp3) is 0.500. The number of carbonyl (C=O) groups excluding carboxylic acids is 4. The first kappa shape index (κ1) is 91.1. The molecule has 1 atom stereocenters. The zero-order valence-electron chi connectivity index (χ0n) is 25.0. The molecule has 0 aliphatic heterocycles. The molecule has 0 heterocycles. The Kier molecular flexibility index (Phi) is 72.3. The summed E-state index contributed by atoms with van der Waals surface area (Å²) in [7, 11) is 0. The Morgan fingerprint density at radius 3 is 0.640 bits per heavy atom. The van der Waals surface area contributed by atoms with E-state index in [0.29, 0.717) is 0 Å². The SMILES string of the molecule is O.O.O.O.O.O.O.O.O.O=C(O)CC(O)(CC(=O)O)C(=O)O.O=C([O-])CC(O)(CC(=O)O)C(=O)O.O=C([O-])CC(O)(CC(=O)[O-])C(=O)[O-].[Mg+2].[Mg+2]. The number of aliphatic hydroxyl groups is 3. The summed E-state index contributed by atoms with van der Waals surface area (Å²) in [6.07, 6.45) is -7.44. The third-order valence-corrected chi connectivity index (χ3v) is 3.82. The van der Waals surface area contributed by atoms with Crippen LogP contribution in [0.5, 0.6) is 0 Å². The van der Waals surface area contributed by atoms with Gasteiger partial charge in [-0.3, -0.25) is 14.4 Å². The fourth-order valence-corrected chi connectivity index (χ4v) is 2.10. The Balaban J connectivity index is -0.0000000292. The van der Waals surface area contributed by atoms with Gasteiger partial charge < -0.3 is 130 Å². The molecule has 26 N–H and O–H groups in total. The van der Waals surface area contributed by atoms with Crippen molar-refractivity contribution in [3.05, 3.63) is 0 Å². The maximum atomic E-state index is 10.3. The molecule has 50 heavy (non-hydrogen) atoms. The van der Waals surface area contributed by atoms with Gasteiger partial charge in [0, 0.05) is 37.2 Å². The van der Waals surface area contributed by atoms with Crippen LogP contribution in [0.4, 0.5) is 0 Å². The van der Waals surface area contributed by atoms with E-state index in [1.165, 1.54) is 0 Å². The smallest absolute Gasteiger partial charge is 0.550 e. The molecule has 0 amide bonds. The van der Waals surface area contributed by atoms with E-state index in [9.17, 15) is 63.6 Å². The van der Waals surface area contributed by atoms with Gasteiger partial charge in [-0.25, -0.2) is 9.59 Å². The Morgan fingerprint density at radius 1 is 0.360 bits per heavy atom. The first-order valence-corrected chi connectivity index (χ1v) is 9.44. The first-order valence-electron chi connectivity index (χ1n) is 9.44. The van der Waals surface area contributed by atoms with E-state index in [2.05, 4.69) is 0 Å².